The largest absolute Gasteiger partial charge is 0.497 e. The Balaban J connectivity index is 2.79. The lowest BCUT2D eigenvalue weighted by molar-refractivity contribution is 0.211. The summed E-state index contributed by atoms with van der Waals surface area (Å²) in [4.78, 5) is 0. The zero-order valence-corrected chi connectivity index (χ0v) is 10.6. The van der Waals surface area contributed by atoms with E-state index >= 15 is 0 Å². The molecule has 0 heterocycles. The normalized spacial score (nSPS) is 11.7. The van der Waals surface area contributed by atoms with E-state index in [9.17, 15) is 5.11 Å². The van der Waals surface area contributed by atoms with E-state index in [4.69, 9.17) is 4.74 Å². The molecular weight excluding hydrogens is 212 g/mol. The molecule has 17 heavy (non-hydrogen) atoms. The molecule has 0 radical (unpaired) electrons. The van der Waals surface area contributed by atoms with Gasteiger partial charge >= 0.3 is 0 Å². The van der Waals surface area contributed by atoms with Gasteiger partial charge < -0.3 is 9.84 Å². The fourth-order valence-electron chi connectivity index (χ4n) is 1.68. The predicted molar refractivity (Wildman–Crippen MR) is 70.1 cm³/mol. The third-order valence-corrected chi connectivity index (χ3v) is 2.79. The molecule has 0 aliphatic heterocycles. The molecule has 0 aliphatic carbocycles. The van der Waals surface area contributed by atoms with Crippen LogP contribution in [0.4, 0.5) is 0 Å². The molecule has 1 rings (SSSR count). The highest BCUT2D eigenvalue weighted by Gasteiger charge is 2.12. The highest BCUT2D eigenvalue weighted by Crippen LogP contribution is 2.26. The van der Waals surface area contributed by atoms with E-state index in [0.717, 1.165) is 36.1 Å². The van der Waals surface area contributed by atoms with Gasteiger partial charge in [-0.3, -0.25) is 0 Å². The van der Waals surface area contributed by atoms with E-state index in [2.05, 4.69) is 19.2 Å². The third-order valence-electron chi connectivity index (χ3n) is 2.79. The van der Waals surface area contributed by atoms with Crippen LogP contribution in [0.15, 0.2) is 42.1 Å². The van der Waals surface area contributed by atoms with Gasteiger partial charge in [-0.2, -0.15) is 0 Å². The number of ether oxygens (including phenoxy) is 1. The molecule has 92 valence electrons. The first-order valence-corrected chi connectivity index (χ1v) is 5.93. The van der Waals surface area contributed by atoms with Crippen LogP contribution in [-0.4, -0.2) is 12.2 Å². The summed E-state index contributed by atoms with van der Waals surface area (Å²) in [6.45, 7) is 5.77. The van der Waals surface area contributed by atoms with Crippen LogP contribution in [0, 0.1) is 0 Å². The Bertz CT molecular complexity index is 386. The molecular formula is C15H20O2. The molecule has 2 nitrogen and oxygen atoms in total. The van der Waals surface area contributed by atoms with Gasteiger partial charge in [0.1, 0.15) is 11.9 Å². The van der Waals surface area contributed by atoms with E-state index < -0.39 is 6.10 Å². The average Bonchev–Trinajstić information content (AvgIpc) is 2.39. The quantitative estimate of drug-likeness (QED) is 0.759. The summed E-state index contributed by atoms with van der Waals surface area (Å²) in [6.07, 6.45) is 2.38. The molecule has 1 aromatic carbocycles. The smallest absolute Gasteiger partial charge is 0.118 e. The standard InChI is InChI=1S/C15H20O2/c1-4-6-7-12(5-2)15(16)13-8-10-14(17-3)11-9-13/h8-11,15-16H,2,4,6-7H2,1,3H3/t15-/m1/s1. The minimum atomic E-state index is -0.607. The molecule has 0 spiro atoms. The maximum atomic E-state index is 10.2. The first-order valence-electron chi connectivity index (χ1n) is 5.93. The number of benzene rings is 1. The molecule has 0 amide bonds. The molecule has 1 aromatic rings. The Morgan fingerprint density at radius 2 is 2.06 bits per heavy atom. The van der Waals surface area contributed by atoms with Gasteiger partial charge in [-0.1, -0.05) is 32.1 Å². The van der Waals surface area contributed by atoms with Crippen molar-refractivity contribution in [1.29, 1.82) is 0 Å². The average molecular weight is 232 g/mol. The van der Waals surface area contributed by atoms with Crippen LogP contribution in [0.25, 0.3) is 0 Å². The Morgan fingerprint density at radius 3 is 2.53 bits per heavy atom. The number of rotatable bonds is 6. The molecule has 0 saturated heterocycles. The van der Waals surface area contributed by atoms with E-state index in [1.165, 1.54) is 0 Å². The zero-order valence-electron chi connectivity index (χ0n) is 10.6. The van der Waals surface area contributed by atoms with Crippen molar-refractivity contribution in [3.05, 3.63) is 47.7 Å². The highest BCUT2D eigenvalue weighted by molar-refractivity contribution is 5.32. The molecule has 0 saturated carbocycles. The van der Waals surface area contributed by atoms with Crippen LogP contribution < -0.4 is 4.74 Å². The highest BCUT2D eigenvalue weighted by atomic mass is 16.5. The number of aliphatic hydroxyl groups excluding tert-OH is 1. The minimum Gasteiger partial charge on any atom is -0.497 e. The maximum Gasteiger partial charge on any atom is 0.118 e. The van der Waals surface area contributed by atoms with Crippen molar-refractivity contribution in [3.8, 4) is 5.75 Å². The molecule has 0 aromatic heterocycles. The monoisotopic (exact) mass is 232 g/mol. The van der Waals surface area contributed by atoms with Gasteiger partial charge in [0.05, 0.1) is 7.11 Å². The summed E-state index contributed by atoms with van der Waals surface area (Å²) in [5.41, 5.74) is 4.56. The molecule has 0 unspecified atom stereocenters. The zero-order chi connectivity index (χ0) is 12.7. The van der Waals surface area contributed by atoms with Gasteiger partial charge in [0.2, 0.25) is 0 Å². The Kier molecular flexibility index (Phi) is 5.55. The van der Waals surface area contributed by atoms with Gasteiger partial charge in [-0.05, 0) is 30.5 Å². The van der Waals surface area contributed by atoms with Crippen molar-refractivity contribution in [3.63, 3.8) is 0 Å². The Labute approximate surface area is 103 Å². The van der Waals surface area contributed by atoms with E-state index in [1.807, 2.05) is 24.3 Å². The first-order chi connectivity index (χ1) is 8.22. The van der Waals surface area contributed by atoms with Crippen molar-refractivity contribution in [2.24, 2.45) is 0 Å². The van der Waals surface area contributed by atoms with Crippen LogP contribution in [0.5, 0.6) is 5.75 Å². The summed E-state index contributed by atoms with van der Waals surface area (Å²) in [7, 11) is 1.63. The van der Waals surface area contributed by atoms with Crippen LogP contribution in [-0.2, 0) is 0 Å². The van der Waals surface area contributed by atoms with Crippen LogP contribution >= 0.6 is 0 Å². The second kappa shape index (κ2) is 6.95. The number of unbranched alkanes of at least 4 members (excludes halogenated alkanes) is 1. The molecule has 0 aliphatic rings. The van der Waals surface area contributed by atoms with Crippen molar-refractivity contribution < 1.29 is 9.84 Å². The Morgan fingerprint density at radius 1 is 1.41 bits per heavy atom. The lowest BCUT2D eigenvalue weighted by atomic mass is 9.98. The topological polar surface area (TPSA) is 29.5 Å². The number of methoxy groups -OCH3 is 1. The fraction of sp³-hybridized carbons (Fsp3) is 0.400. The van der Waals surface area contributed by atoms with E-state index in [-0.39, 0.29) is 0 Å². The number of hydrogen-bond acceptors (Lipinski definition) is 2. The summed E-state index contributed by atoms with van der Waals surface area (Å²) in [6, 6.07) is 7.43. The van der Waals surface area contributed by atoms with Crippen molar-refractivity contribution in [2.75, 3.05) is 7.11 Å². The molecule has 1 atom stereocenters. The summed E-state index contributed by atoms with van der Waals surface area (Å²) < 4.78 is 5.08. The molecule has 2 heteroatoms. The first kappa shape index (κ1) is 13.6. The van der Waals surface area contributed by atoms with Gasteiger partial charge in [0, 0.05) is 5.57 Å². The summed E-state index contributed by atoms with van der Waals surface area (Å²) in [5.74, 6) is 0.790. The summed E-state index contributed by atoms with van der Waals surface area (Å²) in [5, 5.41) is 10.2. The van der Waals surface area contributed by atoms with Gasteiger partial charge in [0.25, 0.3) is 0 Å². The van der Waals surface area contributed by atoms with Crippen molar-refractivity contribution in [1.82, 2.24) is 0 Å². The molecule has 0 fully saturated rings. The molecule has 0 bridgehead atoms. The van der Waals surface area contributed by atoms with Crippen molar-refractivity contribution in [2.45, 2.75) is 32.3 Å². The van der Waals surface area contributed by atoms with Gasteiger partial charge in [-0.15, -0.1) is 5.73 Å². The van der Waals surface area contributed by atoms with Crippen LogP contribution in [0.3, 0.4) is 0 Å². The van der Waals surface area contributed by atoms with E-state index in [1.54, 1.807) is 7.11 Å². The second-order valence-electron chi connectivity index (χ2n) is 3.98. The second-order valence-corrected chi connectivity index (χ2v) is 3.98. The molecule has 1 N–H and O–H groups in total. The van der Waals surface area contributed by atoms with Crippen LogP contribution in [0.2, 0.25) is 0 Å². The number of hydrogen-bond donors (Lipinski definition) is 1. The van der Waals surface area contributed by atoms with Crippen LogP contribution in [0.1, 0.15) is 37.9 Å². The SMILES string of the molecule is C=C=C(CCCC)[C@@H](O)c1ccc(OC)cc1. The lowest BCUT2D eigenvalue weighted by Crippen LogP contribution is -2.01. The Hall–Kier alpha value is -1.50. The van der Waals surface area contributed by atoms with Gasteiger partial charge in [-0.25, -0.2) is 0 Å². The fourth-order valence-corrected chi connectivity index (χ4v) is 1.68. The third kappa shape index (κ3) is 3.77. The van der Waals surface area contributed by atoms with Crippen molar-refractivity contribution >= 4 is 0 Å². The van der Waals surface area contributed by atoms with Gasteiger partial charge in [0.15, 0.2) is 0 Å². The predicted octanol–water partition coefficient (Wildman–Crippen LogP) is 3.63. The minimum absolute atomic E-state index is 0.607. The lowest BCUT2D eigenvalue weighted by Gasteiger charge is -2.13. The number of aliphatic hydroxyl groups is 1. The summed E-state index contributed by atoms with van der Waals surface area (Å²) >= 11 is 0. The maximum absolute atomic E-state index is 10.2. The van der Waals surface area contributed by atoms with E-state index in [0.29, 0.717) is 0 Å².